The first-order valence-corrected chi connectivity index (χ1v) is 2.44. The summed E-state index contributed by atoms with van der Waals surface area (Å²) in [5.41, 5.74) is 5.11. The van der Waals surface area contributed by atoms with Crippen LogP contribution in [-0.2, 0) is 4.79 Å². The van der Waals surface area contributed by atoms with Crippen LogP contribution >= 0.6 is 0 Å². The summed E-state index contributed by atoms with van der Waals surface area (Å²) in [5.74, 6) is -3.12. The van der Waals surface area contributed by atoms with Gasteiger partial charge in [0, 0.05) is 8.22 Å². The molecule has 0 saturated heterocycles. The minimum absolute atomic E-state index is 0.595. The van der Waals surface area contributed by atoms with Crippen LogP contribution in [-0.4, -0.2) is 17.1 Å². The van der Waals surface area contributed by atoms with E-state index in [1.807, 2.05) is 0 Å². The Bertz CT molecular complexity index is 221. The molecule has 9 heavy (non-hydrogen) atoms. The molecule has 0 saturated carbocycles. The lowest BCUT2D eigenvalue weighted by atomic mass is 10.1. The van der Waals surface area contributed by atoms with Gasteiger partial charge in [-0.2, -0.15) is 0 Å². The fourth-order valence-corrected chi connectivity index (χ4v) is 0.355. The Morgan fingerprint density at radius 1 is 1.89 bits per heavy atom. The zero-order chi connectivity index (χ0) is 12.4. The molecular formula is C6H13NO2. The molecule has 0 aliphatic heterocycles. The Labute approximate surface area is 63.3 Å². The molecule has 0 fully saturated rings. The molecule has 0 bridgehead atoms. The third kappa shape index (κ3) is 3.97. The molecule has 0 aliphatic rings. The number of carboxylic acid groups (broad SMARTS) is 1. The Morgan fingerprint density at radius 2 is 2.44 bits per heavy atom. The summed E-state index contributed by atoms with van der Waals surface area (Å²) in [6, 6.07) is -1.48. The average molecular weight is 143 g/mol. The van der Waals surface area contributed by atoms with Crippen LogP contribution in [0.3, 0.4) is 0 Å². The minimum Gasteiger partial charge on any atom is -0.480 e. The van der Waals surface area contributed by atoms with E-state index in [0.29, 0.717) is 0 Å². The van der Waals surface area contributed by atoms with Crippen LogP contribution in [0.15, 0.2) is 0 Å². The average Bonchev–Trinajstić information content (AvgIpc) is 1.94. The number of hydrogen-bond acceptors (Lipinski definition) is 2. The van der Waals surface area contributed by atoms with E-state index in [9.17, 15) is 4.79 Å². The lowest BCUT2D eigenvalue weighted by Gasteiger charge is -2.07. The van der Waals surface area contributed by atoms with E-state index >= 15 is 0 Å². The summed E-state index contributed by atoms with van der Waals surface area (Å²) in [4.78, 5) is 10.4. The molecule has 0 aromatic carbocycles. The highest BCUT2D eigenvalue weighted by atomic mass is 16.4. The fraction of sp³-hybridized carbons (Fsp3) is 0.833. The second kappa shape index (κ2) is 3.45. The maximum Gasteiger partial charge on any atom is 0.320 e. The molecule has 0 aromatic rings. The summed E-state index contributed by atoms with van der Waals surface area (Å²) in [5, 5.41) is 8.47. The van der Waals surface area contributed by atoms with Gasteiger partial charge in [-0.15, -0.1) is 0 Å². The van der Waals surface area contributed by atoms with Crippen LogP contribution in [0, 0.1) is 5.92 Å². The molecule has 0 amide bonds. The normalized spacial score (nSPS) is 26.4. The summed E-state index contributed by atoms with van der Waals surface area (Å²) < 4.78 is 42.0. The first kappa shape index (κ1) is 2.58. The molecule has 0 unspecified atom stereocenters. The van der Waals surface area contributed by atoms with Crippen molar-refractivity contribution in [2.75, 3.05) is 0 Å². The third-order valence-corrected chi connectivity index (χ3v) is 0.807. The van der Waals surface area contributed by atoms with E-state index < -0.39 is 38.1 Å². The third-order valence-electron chi connectivity index (χ3n) is 0.807. The van der Waals surface area contributed by atoms with E-state index in [4.69, 9.17) is 19.1 Å². The van der Waals surface area contributed by atoms with E-state index in [0.717, 1.165) is 0 Å². The van der Waals surface area contributed by atoms with Crippen LogP contribution < -0.4 is 5.73 Å². The first-order valence-electron chi connectivity index (χ1n) is 5.44. The van der Waals surface area contributed by atoms with Gasteiger partial charge in [-0.3, -0.25) is 4.79 Å². The van der Waals surface area contributed by atoms with Gasteiger partial charge in [-0.25, -0.2) is 0 Å². The monoisotopic (exact) mass is 143 g/mol. The van der Waals surface area contributed by atoms with Gasteiger partial charge in [0.2, 0.25) is 0 Å². The number of carboxylic acids is 1. The van der Waals surface area contributed by atoms with Crippen molar-refractivity contribution in [1.82, 2.24) is 0 Å². The second-order valence-electron chi connectivity index (χ2n) is 1.73. The van der Waals surface area contributed by atoms with E-state index in [1.54, 1.807) is 0 Å². The van der Waals surface area contributed by atoms with Crippen molar-refractivity contribution < 1.29 is 18.1 Å². The van der Waals surface area contributed by atoms with Crippen LogP contribution in [0.2, 0.25) is 0 Å². The summed E-state index contributed by atoms with van der Waals surface area (Å²) in [6.07, 6.45) is -0.595. The van der Waals surface area contributed by atoms with E-state index in [-0.39, 0.29) is 0 Å². The van der Waals surface area contributed by atoms with Gasteiger partial charge in [0.1, 0.15) is 6.04 Å². The Balaban J connectivity index is 4.77. The highest BCUT2D eigenvalue weighted by Crippen LogP contribution is 2.01. The summed E-state index contributed by atoms with van der Waals surface area (Å²) >= 11 is 0. The van der Waals surface area contributed by atoms with Gasteiger partial charge in [0.25, 0.3) is 0 Å². The van der Waals surface area contributed by atoms with Crippen LogP contribution in [0.4, 0.5) is 0 Å². The van der Waals surface area contributed by atoms with Gasteiger partial charge < -0.3 is 10.8 Å². The van der Waals surface area contributed by atoms with Crippen molar-refractivity contribution in [3.63, 3.8) is 0 Å². The molecular weight excluding hydrogens is 118 g/mol. The molecule has 54 valence electrons. The smallest absolute Gasteiger partial charge is 0.320 e. The van der Waals surface area contributed by atoms with Gasteiger partial charge >= 0.3 is 5.97 Å². The first-order chi connectivity index (χ1) is 6.46. The van der Waals surface area contributed by atoms with Gasteiger partial charge in [-0.05, 0) is 12.3 Å². The number of carbonyl (C=O) groups is 1. The highest BCUT2D eigenvalue weighted by molar-refractivity contribution is 5.72. The molecule has 0 heterocycles. The molecule has 0 rings (SSSR count). The Hall–Kier alpha value is -0.570. The predicted octanol–water partition coefficient (Wildman–Crippen LogP) is 0.444. The number of aliphatic carboxylic acids is 1. The Kier molecular flexibility index (Phi) is 0.990. The highest BCUT2D eigenvalue weighted by Gasteiger charge is 2.11. The van der Waals surface area contributed by atoms with Crippen LogP contribution in [0.25, 0.3) is 0 Å². The zero-order valence-corrected chi connectivity index (χ0v) is 4.79. The van der Waals surface area contributed by atoms with Gasteiger partial charge in [0.05, 0.1) is 0 Å². The van der Waals surface area contributed by atoms with Crippen LogP contribution in [0.1, 0.15) is 28.3 Å². The van der Waals surface area contributed by atoms with Crippen LogP contribution in [0.5, 0.6) is 0 Å². The largest absolute Gasteiger partial charge is 0.480 e. The van der Waals surface area contributed by atoms with Crippen molar-refractivity contribution >= 4 is 5.97 Å². The standard InChI is InChI=1S/C6H13NO2/c1-4(2)3-5(7)6(8)9/h4-5H,3,7H2,1-2H3,(H,8,9)/t5-/m0/s1/i1T3,2T3. The second-order valence-corrected chi connectivity index (χ2v) is 1.73. The van der Waals surface area contributed by atoms with Crippen molar-refractivity contribution in [3.05, 3.63) is 0 Å². The Morgan fingerprint density at radius 3 is 2.78 bits per heavy atom. The zero-order valence-electron chi connectivity index (χ0n) is 10.8. The quantitative estimate of drug-likeness (QED) is 0.602. The molecule has 0 aliphatic carbocycles. The maximum atomic E-state index is 10.4. The lowest BCUT2D eigenvalue weighted by Crippen LogP contribution is -2.31. The molecule has 0 aromatic heterocycles. The predicted molar refractivity (Wildman–Crippen MR) is 35.1 cm³/mol. The van der Waals surface area contributed by atoms with Gasteiger partial charge in [-0.1, -0.05) is 13.7 Å². The number of nitrogens with two attached hydrogens (primary N) is 1. The topological polar surface area (TPSA) is 63.3 Å². The molecule has 0 spiro atoms. The fourth-order valence-electron chi connectivity index (χ4n) is 0.355. The van der Waals surface area contributed by atoms with Crippen molar-refractivity contribution in [3.8, 4) is 0 Å². The van der Waals surface area contributed by atoms with Crippen molar-refractivity contribution in [2.24, 2.45) is 11.7 Å². The maximum absolute atomic E-state index is 10.4. The van der Waals surface area contributed by atoms with E-state index in [2.05, 4.69) is 0 Å². The molecule has 3 nitrogen and oxygen atoms in total. The minimum atomic E-state index is -2.74. The summed E-state index contributed by atoms with van der Waals surface area (Å²) in [7, 11) is 0. The SMILES string of the molecule is [3H]C([3H])([3H])C(C[C@H](N)C(=O)O)C([3H])([3H])[3H]. The lowest BCUT2D eigenvalue weighted by molar-refractivity contribution is -0.138. The van der Waals surface area contributed by atoms with Gasteiger partial charge in [0.15, 0.2) is 0 Å². The molecule has 1 atom stereocenters. The van der Waals surface area contributed by atoms with Crippen molar-refractivity contribution in [2.45, 2.75) is 26.2 Å². The van der Waals surface area contributed by atoms with E-state index in [1.165, 1.54) is 0 Å². The molecule has 3 N–H and O–H groups in total. The summed E-state index contributed by atoms with van der Waals surface area (Å²) in [6.45, 7) is -5.48. The molecule has 0 radical (unpaired) electrons. The number of hydrogen-bond donors (Lipinski definition) is 2. The number of rotatable bonds is 3. The van der Waals surface area contributed by atoms with Crippen molar-refractivity contribution in [1.29, 1.82) is 0 Å². The molecule has 3 heteroatoms.